The van der Waals surface area contributed by atoms with Gasteiger partial charge < -0.3 is 19.7 Å². The van der Waals surface area contributed by atoms with Gasteiger partial charge in [0.25, 0.3) is 0 Å². The molecule has 0 radical (unpaired) electrons. The van der Waals surface area contributed by atoms with E-state index in [0.717, 1.165) is 12.1 Å². The maximum atomic E-state index is 13.6. The largest absolute Gasteiger partial charge is 1.00 e. The number of anilines is 4. The molecule has 0 bridgehead atoms. The van der Waals surface area contributed by atoms with Crippen molar-refractivity contribution in [1.29, 1.82) is 0 Å². The first kappa shape index (κ1) is 32.2. The molecule has 10 nitrogen and oxygen atoms in total. The van der Waals surface area contributed by atoms with Crippen LogP contribution in [0, 0.1) is 0 Å². The van der Waals surface area contributed by atoms with E-state index in [1.807, 2.05) is 0 Å². The fourth-order valence-corrected chi connectivity index (χ4v) is 5.56. The topological polar surface area (TPSA) is 173 Å². The zero-order chi connectivity index (χ0) is 27.2. The van der Waals surface area contributed by atoms with Gasteiger partial charge in [0, 0.05) is 11.1 Å². The van der Waals surface area contributed by atoms with Gasteiger partial charge in [0.2, 0.25) is 0 Å². The molecule has 0 spiro atoms. The SMILES string of the molecule is O=C1c2ccccc2C(=O)c2c(Nc3ccccc3S(=O)(=O)[O-])ccc(Nc3ccccc3S(=O)(=O)[O-])c21.[Na+].[Na+]. The van der Waals surface area contributed by atoms with Crippen molar-refractivity contribution in [3.8, 4) is 0 Å². The summed E-state index contributed by atoms with van der Waals surface area (Å²) >= 11 is 0. The van der Waals surface area contributed by atoms with Crippen molar-refractivity contribution in [2.45, 2.75) is 9.79 Å². The van der Waals surface area contributed by atoms with E-state index in [1.165, 1.54) is 60.7 Å². The van der Waals surface area contributed by atoms with E-state index in [2.05, 4.69) is 10.6 Å². The average molecular weight is 595 g/mol. The minimum Gasteiger partial charge on any atom is -0.744 e. The Bertz CT molecular complexity index is 1740. The molecule has 1 aliphatic rings. The number of fused-ring (bicyclic) bond motifs is 2. The molecular formula is C26H16N2Na2O8S2. The van der Waals surface area contributed by atoms with Crippen molar-refractivity contribution < 1.29 is 94.6 Å². The van der Waals surface area contributed by atoms with Gasteiger partial charge in [0.15, 0.2) is 11.6 Å². The second-order valence-electron chi connectivity index (χ2n) is 8.27. The molecule has 2 N–H and O–H groups in total. The predicted octanol–water partition coefficient (Wildman–Crippen LogP) is -2.23. The Morgan fingerprint density at radius 2 is 0.800 bits per heavy atom. The van der Waals surface area contributed by atoms with Crippen LogP contribution in [0.3, 0.4) is 0 Å². The molecule has 0 aliphatic heterocycles. The smallest absolute Gasteiger partial charge is 0.744 e. The van der Waals surface area contributed by atoms with Crippen LogP contribution >= 0.6 is 0 Å². The van der Waals surface area contributed by atoms with Crippen LogP contribution in [0.4, 0.5) is 22.7 Å². The Balaban J connectivity index is 0.00000220. The molecule has 14 heteroatoms. The molecular weight excluding hydrogens is 578 g/mol. The third-order valence-corrected chi connectivity index (χ3v) is 7.72. The van der Waals surface area contributed by atoms with Gasteiger partial charge in [-0.25, -0.2) is 16.8 Å². The Labute approximate surface area is 274 Å². The summed E-state index contributed by atoms with van der Waals surface area (Å²) < 4.78 is 70.7. The number of para-hydroxylation sites is 2. The molecule has 192 valence electrons. The molecule has 40 heavy (non-hydrogen) atoms. The van der Waals surface area contributed by atoms with Crippen LogP contribution < -0.4 is 69.7 Å². The molecule has 0 heterocycles. The number of hydrogen-bond acceptors (Lipinski definition) is 10. The standard InChI is InChI=1S/C26H18N2O8S2.2Na/c29-25-15-7-1-2-8-16(15)26(30)24-20(28-18-10-4-6-12-22(18)38(34,35)36)14-13-19(23(24)25)27-17-9-3-5-11-21(17)37(31,32)33;;/h1-14,27-28H,(H,31,32,33)(H,34,35,36);;/q;2*+1/p-2. The number of carbonyl (C=O) groups excluding carboxylic acids is 2. The summed E-state index contributed by atoms with van der Waals surface area (Å²) in [4.78, 5) is 26.2. The van der Waals surface area contributed by atoms with Gasteiger partial charge in [-0.1, -0.05) is 48.5 Å². The summed E-state index contributed by atoms with van der Waals surface area (Å²) in [7, 11) is -9.76. The Kier molecular flexibility index (Phi) is 9.85. The molecule has 0 amide bonds. The molecule has 0 atom stereocenters. The van der Waals surface area contributed by atoms with Crippen molar-refractivity contribution in [1.82, 2.24) is 0 Å². The number of benzene rings is 4. The minimum absolute atomic E-state index is 0. The molecule has 5 rings (SSSR count). The first-order chi connectivity index (χ1) is 18.0. The number of carbonyl (C=O) groups is 2. The minimum atomic E-state index is -4.88. The van der Waals surface area contributed by atoms with Crippen LogP contribution in [0.25, 0.3) is 0 Å². The summed E-state index contributed by atoms with van der Waals surface area (Å²) in [5.41, 5.74) is -0.161. The van der Waals surface area contributed by atoms with E-state index >= 15 is 0 Å². The first-order valence-corrected chi connectivity index (χ1v) is 13.8. The van der Waals surface area contributed by atoms with Gasteiger partial charge in [-0.05, 0) is 36.4 Å². The van der Waals surface area contributed by atoms with Crippen molar-refractivity contribution in [2.24, 2.45) is 0 Å². The van der Waals surface area contributed by atoms with E-state index in [1.54, 1.807) is 12.1 Å². The number of nitrogens with one attached hydrogen (secondary N) is 2. The van der Waals surface area contributed by atoms with Gasteiger partial charge in [-0.15, -0.1) is 0 Å². The third kappa shape index (κ3) is 6.11. The van der Waals surface area contributed by atoms with E-state index in [4.69, 9.17) is 0 Å². The average Bonchev–Trinajstić information content (AvgIpc) is 2.87. The maximum Gasteiger partial charge on any atom is 1.00 e. The zero-order valence-electron chi connectivity index (χ0n) is 21.2. The van der Waals surface area contributed by atoms with Crippen molar-refractivity contribution in [3.63, 3.8) is 0 Å². The summed E-state index contributed by atoms with van der Waals surface area (Å²) in [6.07, 6.45) is 0. The second kappa shape index (κ2) is 12.2. The van der Waals surface area contributed by atoms with Gasteiger partial charge in [-0.2, -0.15) is 0 Å². The van der Waals surface area contributed by atoms with Crippen LogP contribution in [0.5, 0.6) is 0 Å². The summed E-state index contributed by atoms with van der Waals surface area (Å²) in [5, 5.41) is 5.58. The van der Waals surface area contributed by atoms with Crippen LogP contribution in [-0.4, -0.2) is 37.5 Å². The van der Waals surface area contributed by atoms with Crippen LogP contribution in [-0.2, 0) is 20.2 Å². The van der Waals surface area contributed by atoms with Gasteiger partial charge in [0.05, 0.1) is 43.7 Å². The van der Waals surface area contributed by atoms with E-state index < -0.39 is 41.6 Å². The fourth-order valence-electron chi connectivity index (χ4n) is 4.30. The molecule has 0 fully saturated rings. The van der Waals surface area contributed by atoms with Gasteiger partial charge >= 0.3 is 59.1 Å². The van der Waals surface area contributed by atoms with Gasteiger partial charge in [-0.3, -0.25) is 9.59 Å². The number of rotatable bonds is 6. The van der Waals surface area contributed by atoms with Crippen LogP contribution in [0.2, 0.25) is 0 Å². The third-order valence-electron chi connectivity index (χ3n) is 5.93. The second-order valence-corrected chi connectivity index (χ2v) is 11.0. The molecule has 0 aromatic heterocycles. The summed E-state index contributed by atoms with van der Waals surface area (Å²) in [5.74, 6) is -1.12. The molecule has 0 unspecified atom stereocenters. The predicted molar refractivity (Wildman–Crippen MR) is 135 cm³/mol. The zero-order valence-corrected chi connectivity index (χ0v) is 26.8. The molecule has 4 aromatic rings. The molecule has 1 aliphatic carbocycles. The van der Waals surface area contributed by atoms with E-state index in [0.29, 0.717) is 0 Å². The maximum absolute atomic E-state index is 13.6. The van der Waals surface area contributed by atoms with Crippen molar-refractivity contribution >= 4 is 54.6 Å². The number of ketones is 2. The molecule has 0 saturated carbocycles. The summed E-state index contributed by atoms with van der Waals surface area (Å²) in [6.45, 7) is 0. The van der Waals surface area contributed by atoms with Crippen LogP contribution in [0.1, 0.15) is 31.8 Å². The molecule has 4 aromatic carbocycles. The normalized spacial score (nSPS) is 12.3. The van der Waals surface area contributed by atoms with Crippen molar-refractivity contribution in [3.05, 3.63) is 107 Å². The molecule has 0 saturated heterocycles. The van der Waals surface area contributed by atoms with Crippen LogP contribution in [0.15, 0.2) is 94.7 Å². The fraction of sp³-hybridized carbons (Fsp3) is 0. The van der Waals surface area contributed by atoms with E-state index in [-0.39, 0.29) is 104 Å². The Morgan fingerprint density at radius 3 is 1.15 bits per heavy atom. The quantitative estimate of drug-likeness (QED) is 0.162. The Hall–Kier alpha value is -2.36. The van der Waals surface area contributed by atoms with Gasteiger partial charge in [0.1, 0.15) is 20.2 Å². The summed E-state index contributed by atoms with van der Waals surface area (Å²) in [6, 6.07) is 19.5. The number of hydrogen-bond donors (Lipinski definition) is 2. The van der Waals surface area contributed by atoms with E-state index in [9.17, 15) is 35.5 Å². The first-order valence-electron chi connectivity index (χ1n) is 11.0. The monoisotopic (exact) mass is 594 g/mol. The Morgan fingerprint density at radius 1 is 0.475 bits per heavy atom. The van der Waals surface area contributed by atoms with Crippen molar-refractivity contribution in [2.75, 3.05) is 10.6 Å².